The van der Waals surface area contributed by atoms with E-state index >= 15 is 0 Å². The molecule has 0 spiro atoms. The lowest BCUT2D eigenvalue weighted by Crippen LogP contribution is -2.67. The zero-order valence-electron chi connectivity index (χ0n) is 15.7. The summed E-state index contributed by atoms with van der Waals surface area (Å²) in [5, 5.41) is 2.60. The largest absolute Gasteiger partial charge is 0.334 e. The van der Waals surface area contributed by atoms with E-state index in [-0.39, 0.29) is 11.9 Å². The summed E-state index contributed by atoms with van der Waals surface area (Å²) in [5.41, 5.74) is 0.343. The number of amidine groups is 1. The van der Waals surface area contributed by atoms with Crippen molar-refractivity contribution in [2.45, 2.75) is 52.4 Å². The Balaban J connectivity index is 1.94. The van der Waals surface area contributed by atoms with Crippen LogP contribution in [0.15, 0.2) is 35.3 Å². The van der Waals surface area contributed by atoms with Crippen LogP contribution in [0, 0.1) is 5.41 Å². The number of para-hydroxylation sites is 1. The summed E-state index contributed by atoms with van der Waals surface area (Å²) in [6, 6.07) is 9.57. The van der Waals surface area contributed by atoms with Crippen molar-refractivity contribution in [3.63, 3.8) is 0 Å². The van der Waals surface area contributed by atoms with E-state index in [1.807, 2.05) is 35.2 Å². The van der Waals surface area contributed by atoms with Gasteiger partial charge in [-0.15, -0.1) is 0 Å². The fourth-order valence-electron chi connectivity index (χ4n) is 3.81. The minimum absolute atomic E-state index is 0.174. The van der Waals surface area contributed by atoms with E-state index in [2.05, 4.69) is 19.2 Å². The summed E-state index contributed by atoms with van der Waals surface area (Å²) in [6.07, 6.45) is 5.39. The van der Waals surface area contributed by atoms with Crippen LogP contribution in [-0.4, -0.2) is 36.0 Å². The monoisotopic (exact) mass is 356 g/mol. The number of fused-ring (bicyclic) bond motifs is 1. The average Bonchev–Trinajstić information content (AvgIpc) is 2.68. The average molecular weight is 356 g/mol. The molecule has 2 aliphatic heterocycles. The molecule has 1 N–H and O–H groups in total. The number of aliphatic imine (C=N–C) groups is 1. The fraction of sp³-hybridized carbons (Fsp3) is 0.550. The van der Waals surface area contributed by atoms with Gasteiger partial charge in [-0.25, -0.2) is 9.79 Å². The summed E-state index contributed by atoms with van der Waals surface area (Å²) in [6.45, 7) is 5.13. The summed E-state index contributed by atoms with van der Waals surface area (Å²) in [5.74, 6) is 0.493. The normalized spacial score (nSPS) is 19.1. The van der Waals surface area contributed by atoms with Crippen molar-refractivity contribution in [3.05, 3.63) is 30.3 Å². The van der Waals surface area contributed by atoms with Crippen molar-refractivity contribution in [1.29, 1.82) is 0 Å². The molecule has 0 saturated carbocycles. The van der Waals surface area contributed by atoms with Gasteiger partial charge in [-0.05, 0) is 25.0 Å². The molecule has 2 heterocycles. The zero-order chi connectivity index (χ0) is 18.6. The number of amides is 3. The Kier molecular flexibility index (Phi) is 5.59. The summed E-state index contributed by atoms with van der Waals surface area (Å²) in [4.78, 5) is 33.9. The highest BCUT2D eigenvalue weighted by molar-refractivity contribution is 6.21. The Morgan fingerprint density at radius 3 is 2.35 bits per heavy atom. The highest BCUT2D eigenvalue weighted by atomic mass is 16.2. The number of unbranched alkanes of at least 4 members (excludes halogenated alkanes) is 2. The van der Waals surface area contributed by atoms with Gasteiger partial charge >= 0.3 is 6.03 Å². The van der Waals surface area contributed by atoms with Gasteiger partial charge < -0.3 is 4.90 Å². The maximum atomic E-state index is 12.9. The van der Waals surface area contributed by atoms with Crippen LogP contribution in [0.5, 0.6) is 0 Å². The molecule has 0 unspecified atom stereocenters. The maximum Gasteiger partial charge on any atom is 0.331 e. The van der Waals surface area contributed by atoms with Crippen molar-refractivity contribution < 1.29 is 9.59 Å². The minimum Gasteiger partial charge on any atom is -0.334 e. The lowest BCUT2D eigenvalue weighted by Gasteiger charge is -2.46. The third kappa shape index (κ3) is 3.32. The van der Waals surface area contributed by atoms with E-state index in [9.17, 15) is 9.59 Å². The predicted molar refractivity (Wildman–Crippen MR) is 103 cm³/mol. The molecule has 0 bridgehead atoms. The number of hydrogen-bond acceptors (Lipinski definition) is 4. The second kappa shape index (κ2) is 7.89. The molecule has 1 aromatic rings. The summed E-state index contributed by atoms with van der Waals surface area (Å²) < 4.78 is 0. The maximum absolute atomic E-state index is 12.9. The van der Waals surface area contributed by atoms with Gasteiger partial charge in [-0.3, -0.25) is 15.0 Å². The smallest absolute Gasteiger partial charge is 0.331 e. The van der Waals surface area contributed by atoms with Crippen molar-refractivity contribution in [1.82, 2.24) is 10.2 Å². The quantitative estimate of drug-likeness (QED) is 0.809. The first-order valence-electron chi connectivity index (χ1n) is 9.60. The lowest BCUT2D eigenvalue weighted by atomic mass is 9.74. The standard InChI is InChI=1S/C20H28N4O2/c1-3-5-12-20(13-6-4-2)17-21-14-23(16-10-8-7-9-11-16)15-24(17)19(26)22-18(20)25/h7-11H,3-6,12-15H2,1-2H3,(H,22,25,26). The molecule has 2 aliphatic rings. The topological polar surface area (TPSA) is 65.0 Å². The summed E-state index contributed by atoms with van der Waals surface area (Å²) in [7, 11) is 0. The molecule has 6 nitrogen and oxygen atoms in total. The van der Waals surface area contributed by atoms with Crippen LogP contribution >= 0.6 is 0 Å². The minimum atomic E-state index is -0.678. The Labute approximate surface area is 155 Å². The molecule has 3 amide bonds. The molecule has 1 fully saturated rings. The van der Waals surface area contributed by atoms with Gasteiger partial charge in [0.2, 0.25) is 5.91 Å². The molecule has 1 aromatic carbocycles. The van der Waals surface area contributed by atoms with Crippen molar-refractivity contribution >= 4 is 23.5 Å². The highest BCUT2D eigenvalue weighted by Crippen LogP contribution is 2.38. The van der Waals surface area contributed by atoms with E-state index in [1.165, 1.54) is 0 Å². The number of rotatable bonds is 7. The van der Waals surface area contributed by atoms with Crippen LogP contribution in [0.1, 0.15) is 52.4 Å². The van der Waals surface area contributed by atoms with Gasteiger partial charge in [0.25, 0.3) is 0 Å². The molecule has 3 rings (SSSR count). The van der Waals surface area contributed by atoms with E-state index in [4.69, 9.17) is 4.99 Å². The number of nitrogens with one attached hydrogen (secondary N) is 1. The number of hydrogen-bond donors (Lipinski definition) is 1. The van der Waals surface area contributed by atoms with Crippen LogP contribution in [0.3, 0.4) is 0 Å². The molecule has 6 heteroatoms. The Bertz CT molecular complexity index is 678. The Morgan fingerprint density at radius 1 is 1.08 bits per heavy atom. The molecule has 1 saturated heterocycles. The number of nitrogens with zero attached hydrogens (tertiary/aromatic N) is 3. The van der Waals surface area contributed by atoms with Crippen LogP contribution in [-0.2, 0) is 4.79 Å². The van der Waals surface area contributed by atoms with E-state index in [1.54, 1.807) is 4.90 Å². The zero-order valence-corrected chi connectivity index (χ0v) is 15.7. The highest BCUT2D eigenvalue weighted by Gasteiger charge is 2.51. The number of carbonyl (C=O) groups excluding carboxylic acids is 2. The van der Waals surface area contributed by atoms with Gasteiger partial charge in [0, 0.05) is 5.69 Å². The SMILES string of the molecule is CCCCC1(CCCC)C(=O)NC(=O)N2CN(c3ccccc3)CN=C21. The molecular formula is C20H28N4O2. The van der Waals surface area contributed by atoms with E-state index in [0.717, 1.165) is 44.2 Å². The lowest BCUT2D eigenvalue weighted by molar-refractivity contribution is -0.128. The predicted octanol–water partition coefficient (Wildman–Crippen LogP) is 3.74. The molecule has 0 radical (unpaired) electrons. The number of anilines is 1. The first-order chi connectivity index (χ1) is 12.6. The van der Waals surface area contributed by atoms with E-state index in [0.29, 0.717) is 19.2 Å². The van der Waals surface area contributed by atoms with Crippen molar-refractivity contribution in [3.8, 4) is 0 Å². The van der Waals surface area contributed by atoms with Crippen molar-refractivity contribution in [2.75, 3.05) is 18.2 Å². The molecule has 0 atom stereocenters. The second-order valence-corrected chi connectivity index (χ2v) is 7.12. The Hall–Kier alpha value is -2.37. The third-order valence-electron chi connectivity index (χ3n) is 5.32. The first kappa shape index (κ1) is 18.4. The van der Waals surface area contributed by atoms with Crippen LogP contribution in [0.4, 0.5) is 10.5 Å². The van der Waals surface area contributed by atoms with Gasteiger partial charge in [0.1, 0.15) is 24.6 Å². The number of carbonyl (C=O) groups is 2. The van der Waals surface area contributed by atoms with Gasteiger partial charge in [-0.2, -0.15) is 0 Å². The van der Waals surface area contributed by atoms with Crippen LogP contribution in [0.2, 0.25) is 0 Å². The molecule has 26 heavy (non-hydrogen) atoms. The van der Waals surface area contributed by atoms with Gasteiger partial charge in [0.05, 0.1) is 0 Å². The number of urea groups is 1. The van der Waals surface area contributed by atoms with Crippen LogP contribution in [0.25, 0.3) is 0 Å². The van der Waals surface area contributed by atoms with Crippen LogP contribution < -0.4 is 10.2 Å². The van der Waals surface area contributed by atoms with Gasteiger partial charge in [-0.1, -0.05) is 57.7 Å². The first-order valence-corrected chi connectivity index (χ1v) is 9.60. The van der Waals surface area contributed by atoms with Crippen molar-refractivity contribution in [2.24, 2.45) is 10.4 Å². The molecular weight excluding hydrogens is 328 g/mol. The second-order valence-electron chi connectivity index (χ2n) is 7.12. The van der Waals surface area contributed by atoms with Gasteiger partial charge in [0.15, 0.2) is 0 Å². The third-order valence-corrected chi connectivity index (χ3v) is 5.32. The molecule has 0 aliphatic carbocycles. The number of imide groups is 1. The van der Waals surface area contributed by atoms with E-state index < -0.39 is 5.41 Å². The molecule has 0 aromatic heterocycles. The summed E-state index contributed by atoms with van der Waals surface area (Å²) >= 11 is 0. The number of benzene rings is 1. The Morgan fingerprint density at radius 2 is 1.73 bits per heavy atom. The molecule has 140 valence electrons. The fourth-order valence-corrected chi connectivity index (χ4v) is 3.81.